The van der Waals surface area contributed by atoms with Crippen LogP contribution in [0.3, 0.4) is 0 Å². The van der Waals surface area contributed by atoms with E-state index < -0.39 is 0 Å². The molecule has 5 heteroatoms. The molecule has 0 saturated heterocycles. The second-order valence-electron chi connectivity index (χ2n) is 3.43. The van der Waals surface area contributed by atoms with Gasteiger partial charge < -0.3 is 9.73 Å². The molecule has 2 heterocycles. The number of hydrogen-bond donors (Lipinski definition) is 1. The number of carbonyl (C=O) groups excluding carboxylic acids is 1. The van der Waals surface area contributed by atoms with E-state index in [1.54, 1.807) is 23.0 Å². The van der Waals surface area contributed by atoms with E-state index in [-0.39, 0.29) is 5.91 Å². The van der Waals surface area contributed by atoms with Crippen molar-refractivity contribution in [1.29, 1.82) is 0 Å². The Balaban J connectivity index is 1.81. The van der Waals surface area contributed by atoms with Crippen molar-refractivity contribution in [2.75, 3.05) is 6.54 Å². The molecular weight excluding hydrogens is 206 g/mol. The lowest BCUT2D eigenvalue weighted by Crippen LogP contribution is -2.25. The number of nitrogens with zero attached hydrogens (tertiary/aromatic N) is 2. The van der Waals surface area contributed by atoms with Gasteiger partial charge in [-0.15, -0.1) is 0 Å². The maximum absolute atomic E-state index is 11.5. The highest BCUT2D eigenvalue weighted by Gasteiger charge is 2.07. The van der Waals surface area contributed by atoms with Gasteiger partial charge in [-0.25, -0.2) is 0 Å². The van der Waals surface area contributed by atoms with Gasteiger partial charge in [-0.2, -0.15) is 5.10 Å². The summed E-state index contributed by atoms with van der Waals surface area (Å²) in [6.07, 6.45) is 3.97. The number of hydrogen-bond acceptors (Lipinski definition) is 3. The molecule has 0 aromatic carbocycles. The number of furan rings is 1. The van der Waals surface area contributed by atoms with Crippen LogP contribution in [0.25, 0.3) is 0 Å². The van der Waals surface area contributed by atoms with Gasteiger partial charge in [0.15, 0.2) is 5.76 Å². The molecule has 2 rings (SSSR count). The predicted octanol–water partition coefficient (Wildman–Crippen LogP) is 0.986. The minimum absolute atomic E-state index is 0.188. The van der Waals surface area contributed by atoms with Crippen LogP contribution in [-0.2, 0) is 13.5 Å². The van der Waals surface area contributed by atoms with Gasteiger partial charge in [-0.05, 0) is 18.2 Å². The molecule has 84 valence electrons. The third kappa shape index (κ3) is 2.31. The number of rotatable bonds is 4. The summed E-state index contributed by atoms with van der Waals surface area (Å²) >= 11 is 0. The first-order chi connectivity index (χ1) is 7.77. The summed E-state index contributed by atoms with van der Waals surface area (Å²) in [7, 11) is 1.88. The van der Waals surface area contributed by atoms with Crippen LogP contribution in [0.1, 0.15) is 16.2 Å². The molecule has 0 atom stereocenters. The van der Waals surface area contributed by atoms with Crippen LogP contribution in [-0.4, -0.2) is 22.2 Å². The van der Waals surface area contributed by atoms with E-state index in [0.717, 1.165) is 12.1 Å². The first kappa shape index (κ1) is 10.5. The quantitative estimate of drug-likeness (QED) is 0.834. The average molecular weight is 219 g/mol. The van der Waals surface area contributed by atoms with Gasteiger partial charge in [0.05, 0.1) is 6.26 Å². The standard InChI is InChI=1S/C11H13N3O2/c1-14-9(5-7-13-14)4-6-12-11(15)10-3-2-8-16-10/h2-3,5,7-8H,4,6H2,1H3,(H,12,15). The average Bonchev–Trinajstić information content (AvgIpc) is 2.90. The molecule has 16 heavy (non-hydrogen) atoms. The van der Waals surface area contributed by atoms with Crippen molar-refractivity contribution in [2.24, 2.45) is 7.05 Å². The highest BCUT2D eigenvalue weighted by atomic mass is 16.3. The molecule has 0 saturated carbocycles. The Labute approximate surface area is 93.1 Å². The lowest BCUT2D eigenvalue weighted by Gasteiger charge is -2.03. The molecule has 1 amide bonds. The minimum Gasteiger partial charge on any atom is -0.459 e. The van der Waals surface area contributed by atoms with Gasteiger partial charge in [0.1, 0.15) is 0 Å². The first-order valence-electron chi connectivity index (χ1n) is 5.06. The van der Waals surface area contributed by atoms with Gasteiger partial charge >= 0.3 is 0 Å². The summed E-state index contributed by atoms with van der Waals surface area (Å²) in [6.45, 7) is 0.569. The van der Waals surface area contributed by atoms with Gasteiger partial charge in [-0.1, -0.05) is 0 Å². The Kier molecular flexibility index (Phi) is 3.05. The highest BCUT2D eigenvalue weighted by Crippen LogP contribution is 2.00. The van der Waals surface area contributed by atoms with E-state index in [9.17, 15) is 4.79 Å². The molecule has 2 aromatic heterocycles. The van der Waals surface area contributed by atoms with E-state index >= 15 is 0 Å². The van der Waals surface area contributed by atoms with Crippen molar-refractivity contribution in [3.8, 4) is 0 Å². The van der Waals surface area contributed by atoms with E-state index in [4.69, 9.17) is 4.42 Å². The van der Waals surface area contributed by atoms with E-state index in [2.05, 4.69) is 10.4 Å². The molecular formula is C11H13N3O2. The summed E-state index contributed by atoms with van der Waals surface area (Å²) in [5.41, 5.74) is 1.08. The van der Waals surface area contributed by atoms with Crippen LogP contribution in [0.4, 0.5) is 0 Å². The maximum Gasteiger partial charge on any atom is 0.286 e. The van der Waals surface area contributed by atoms with Crippen LogP contribution < -0.4 is 5.32 Å². The van der Waals surface area contributed by atoms with Crippen molar-refractivity contribution < 1.29 is 9.21 Å². The van der Waals surface area contributed by atoms with Gasteiger partial charge in [0.25, 0.3) is 5.91 Å². The third-order valence-corrected chi connectivity index (χ3v) is 2.33. The normalized spacial score (nSPS) is 10.3. The molecule has 0 aliphatic carbocycles. The molecule has 0 spiro atoms. The molecule has 0 bridgehead atoms. The molecule has 0 unspecified atom stereocenters. The van der Waals surface area contributed by atoms with Crippen LogP contribution >= 0.6 is 0 Å². The SMILES string of the molecule is Cn1nccc1CCNC(=O)c1ccco1. The molecule has 0 radical (unpaired) electrons. The number of nitrogens with one attached hydrogen (secondary N) is 1. The number of carbonyl (C=O) groups is 1. The lowest BCUT2D eigenvalue weighted by molar-refractivity contribution is 0.0926. The summed E-state index contributed by atoms with van der Waals surface area (Å²) in [5.74, 6) is 0.150. The molecule has 5 nitrogen and oxygen atoms in total. The molecule has 1 N–H and O–H groups in total. The zero-order valence-electron chi connectivity index (χ0n) is 9.01. The van der Waals surface area contributed by atoms with Gasteiger partial charge in [-0.3, -0.25) is 9.48 Å². The first-order valence-corrected chi connectivity index (χ1v) is 5.06. The second kappa shape index (κ2) is 4.65. The Morgan fingerprint density at radius 1 is 1.56 bits per heavy atom. The Morgan fingerprint density at radius 2 is 2.44 bits per heavy atom. The number of aromatic nitrogens is 2. The summed E-state index contributed by atoms with van der Waals surface area (Å²) in [5, 5.41) is 6.83. The summed E-state index contributed by atoms with van der Waals surface area (Å²) < 4.78 is 6.77. The zero-order chi connectivity index (χ0) is 11.4. The summed E-state index contributed by atoms with van der Waals surface area (Å²) in [4.78, 5) is 11.5. The largest absolute Gasteiger partial charge is 0.459 e. The van der Waals surface area contributed by atoms with Crippen LogP contribution in [0.5, 0.6) is 0 Å². The van der Waals surface area contributed by atoms with E-state index in [1.807, 2.05) is 13.1 Å². The van der Waals surface area contributed by atoms with Crippen LogP contribution in [0, 0.1) is 0 Å². The predicted molar refractivity (Wildman–Crippen MR) is 58.0 cm³/mol. The molecule has 0 fully saturated rings. The summed E-state index contributed by atoms with van der Waals surface area (Å²) in [6, 6.07) is 5.26. The molecule has 0 aliphatic heterocycles. The Bertz CT molecular complexity index is 459. The van der Waals surface area contributed by atoms with Crippen molar-refractivity contribution in [1.82, 2.24) is 15.1 Å². The maximum atomic E-state index is 11.5. The number of aryl methyl sites for hydroxylation is 1. The monoisotopic (exact) mass is 219 g/mol. The number of amides is 1. The fourth-order valence-corrected chi connectivity index (χ4v) is 1.45. The van der Waals surface area contributed by atoms with Crippen molar-refractivity contribution >= 4 is 5.91 Å². The van der Waals surface area contributed by atoms with E-state index in [1.165, 1.54) is 6.26 Å². The Hall–Kier alpha value is -2.04. The smallest absolute Gasteiger partial charge is 0.286 e. The highest BCUT2D eigenvalue weighted by molar-refractivity contribution is 5.91. The fraction of sp³-hybridized carbons (Fsp3) is 0.273. The van der Waals surface area contributed by atoms with Gasteiger partial charge in [0, 0.05) is 31.9 Å². The van der Waals surface area contributed by atoms with Gasteiger partial charge in [0.2, 0.25) is 0 Å². The third-order valence-electron chi connectivity index (χ3n) is 2.33. The molecule has 2 aromatic rings. The fourth-order valence-electron chi connectivity index (χ4n) is 1.45. The Morgan fingerprint density at radius 3 is 3.06 bits per heavy atom. The van der Waals surface area contributed by atoms with Crippen LogP contribution in [0.15, 0.2) is 35.1 Å². The van der Waals surface area contributed by atoms with Crippen molar-refractivity contribution in [3.05, 3.63) is 42.1 Å². The van der Waals surface area contributed by atoms with E-state index in [0.29, 0.717) is 12.3 Å². The van der Waals surface area contributed by atoms with Crippen molar-refractivity contribution in [2.45, 2.75) is 6.42 Å². The topological polar surface area (TPSA) is 60.1 Å². The lowest BCUT2D eigenvalue weighted by atomic mass is 10.3. The van der Waals surface area contributed by atoms with Crippen molar-refractivity contribution in [3.63, 3.8) is 0 Å². The minimum atomic E-state index is -0.188. The molecule has 0 aliphatic rings. The zero-order valence-corrected chi connectivity index (χ0v) is 9.01. The second-order valence-corrected chi connectivity index (χ2v) is 3.43. The van der Waals surface area contributed by atoms with Crippen LogP contribution in [0.2, 0.25) is 0 Å².